The van der Waals surface area contributed by atoms with Crippen molar-refractivity contribution in [2.75, 3.05) is 13.2 Å². The van der Waals surface area contributed by atoms with Crippen LogP contribution in [0, 0.1) is 0 Å². The zero-order valence-corrected chi connectivity index (χ0v) is 32.5. The molecule has 2 atom stereocenters. The summed E-state index contributed by atoms with van der Waals surface area (Å²) in [5.41, 5.74) is 1.43. The third-order valence-electron chi connectivity index (χ3n) is 9.33. The minimum Gasteiger partial charge on any atom is -0.462 e. The van der Waals surface area contributed by atoms with Crippen molar-refractivity contribution in [3.05, 3.63) is 157 Å². The summed E-state index contributed by atoms with van der Waals surface area (Å²) in [5.74, 6) is 0.557. The van der Waals surface area contributed by atoms with Gasteiger partial charge >= 0.3 is 11.9 Å². The topological polar surface area (TPSA) is 89.5 Å². The van der Waals surface area contributed by atoms with Crippen molar-refractivity contribution in [3.63, 3.8) is 0 Å². The van der Waals surface area contributed by atoms with Gasteiger partial charge in [0.25, 0.3) is 18.1 Å². The molecule has 0 radical (unpaired) electrons. The molecule has 0 N–H and O–H groups in total. The number of hydrogen-bond donors (Lipinski definition) is 0. The second kappa shape index (κ2) is 16.7. The molecule has 10 heteroatoms. The Labute approximate surface area is 327 Å². The van der Waals surface area contributed by atoms with Gasteiger partial charge in [-0.25, -0.2) is 9.59 Å². The Morgan fingerprint density at radius 2 is 0.786 bits per heavy atom. The maximum Gasteiger partial charge on any atom is 0.341 e. The smallest absolute Gasteiger partial charge is 0.341 e. The van der Waals surface area contributed by atoms with Gasteiger partial charge in [0.15, 0.2) is 0 Å². The maximum absolute atomic E-state index is 13.9. The zero-order valence-electron chi connectivity index (χ0n) is 30.5. The van der Waals surface area contributed by atoms with Gasteiger partial charge in [0, 0.05) is 21.9 Å². The van der Waals surface area contributed by atoms with Gasteiger partial charge in [-0.3, -0.25) is 0 Å². The second-order valence-electron chi connectivity index (χ2n) is 12.7. The van der Waals surface area contributed by atoms with Crippen molar-refractivity contribution in [3.8, 4) is 34.1 Å². The number of ether oxygens (including phenoxy) is 2. The average molecular weight is 779 g/mol. The molecule has 0 fully saturated rings. The summed E-state index contributed by atoms with van der Waals surface area (Å²) in [6, 6.07) is 46.4. The Kier molecular flexibility index (Phi) is 10.9. The van der Waals surface area contributed by atoms with E-state index in [0.717, 1.165) is 43.1 Å². The SMILES string of the molecule is CCOC(=O)c1cc2ccccc2c(-c2c(OPOc3cccc4ccccc34)c(C(=O)OCC)cc3ccccc23)c1OPOc1cccc2ccccc12. The van der Waals surface area contributed by atoms with Crippen LogP contribution in [-0.2, 0) is 9.47 Å². The predicted octanol–water partition coefficient (Wildman–Crippen LogP) is 12.3. The Balaban J connectivity index is 1.33. The van der Waals surface area contributed by atoms with Gasteiger partial charge in [0.1, 0.15) is 34.1 Å². The lowest BCUT2D eigenvalue weighted by molar-refractivity contribution is 0.0514. The molecule has 8 aromatic carbocycles. The van der Waals surface area contributed by atoms with Crippen LogP contribution in [0.25, 0.3) is 54.2 Å². The normalized spacial score (nSPS) is 11.5. The number of fused-ring (bicyclic) bond motifs is 4. The molecule has 8 rings (SSSR count). The molecule has 278 valence electrons. The highest BCUT2D eigenvalue weighted by molar-refractivity contribution is 7.27. The molecule has 0 aliphatic rings. The number of benzene rings is 8. The first-order chi connectivity index (χ1) is 27.6. The van der Waals surface area contributed by atoms with E-state index < -0.39 is 30.0 Å². The van der Waals surface area contributed by atoms with Crippen LogP contribution >= 0.6 is 18.1 Å². The van der Waals surface area contributed by atoms with E-state index >= 15 is 0 Å². The standard InChI is InChI=1S/C46H36O8P2/c1-3-49-45(47)37-27-31-17-7-11-23-35(31)41(43(37)53-55-51-39-25-13-19-29-15-5-9-21-33(29)39)42-36-24-12-8-18-32(36)28-38(46(48)50-4-2)44(42)54-56-52-40-26-14-20-30-16-6-10-22-34(30)40/h5-28,55-56H,3-4H2,1-2H3. The fourth-order valence-corrected chi connectivity index (χ4v) is 8.08. The molecular weight excluding hydrogens is 742 g/mol. The highest BCUT2D eigenvalue weighted by Gasteiger charge is 2.30. The minimum atomic E-state index is -0.570. The molecule has 0 bridgehead atoms. The van der Waals surface area contributed by atoms with Crippen LogP contribution in [0.5, 0.6) is 23.0 Å². The van der Waals surface area contributed by atoms with Crippen LogP contribution < -0.4 is 18.1 Å². The molecule has 0 aromatic heterocycles. The number of hydrogen-bond acceptors (Lipinski definition) is 8. The third kappa shape index (κ3) is 7.29. The Morgan fingerprint density at radius 1 is 0.429 bits per heavy atom. The summed E-state index contributed by atoms with van der Waals surface area (Å²) >= 11 is 0. The summed E-state index contributed by atoms with van der Waals surface area (Å²) in [7, 11) is -1.14. The van der Waals surface area contributed by atoms with Gasteiger partial charge in [-0.05, 0) is 70.4 Å². The van der Waals surface area contributed by atoms with Crippen molar-refractivity contribution < 1.29 is 37.2 Å². The lowest BCUT2D eigenvalue weighted by Gasteiger charge is -2.23. The largest absolute Gasteiger partial charge is 0.462 e. The van der Waals surface area contributed by atoms with Crippen molar-refractivity contribution in [1.29, 1.82) is 0 Å². The molecular formula is C46H36O8P2. The highest BCUT2D eigenvalue weighted by Crippen LogP contribution is 2.51. The number of carbonyl (C=O) groups is 2. The molecule has 8 nitrogen and oxygen atoms in total. The first-order valence-electron chi connectivity index (χ1n) is 18.1. The molecule has 0 amide bonds. The van der Waals surface area contributed by atoms with Gasteiger partial charge in [-0.2, -0.15) is 0 Å². The van der Waals surface area contributed by atoms with Crippen LogP contribution in [-0.4, -0.2) is 25.2 Å². The van der Waals surface area contributed by atoms with E-state index in [2.05, 4.69) is 0 Å². The van der Waals surface area contributed by atoms with Crippen LogP contribution in [0.1, 0.15) is 34.6 Å². The van der Waals surface area contributed by atoms with E-state index in [0.29, 0.717) is 22.6 Å². The molecule has 0 spiro atoms. The lowest BCUT2D eigenvalue weighted by atomic mass is 9.89. The van der Waals surface area contributed by atoms with Crippen LogP contribution in [0.2, 0.25) is 0 Å². The van der Waals surface area contributed by atoms with Gasteiger partial charge in [0.05, 0.1) is 13.2 Å². The highest BCUT2D eigenvalue weighted by atomic mass is 31.1. The van der Waals surface area contributed by atoms with E-state index in [1.807, 2.05) is 133 Å². The van der Waals surface area contributed by atoms with Crippen LogP contribution in [0.3, 0.4) is 0 Å². The van der Waals surface area contributed by atoms with Gasteiger partial charge < -0.3 is 27.6 Å². The molecule has 0 aliphatic carbocycles. The molecule has 2 unspecified atom stereocenters. The van der Waals surface area contributed by atoms with Crippen molar-refractivity contribution in [2.45, 2.75) is 13.8 Å². The third-order valence-corrected chi connectivity index (χ3v) is 10.5. The first-order valence-corrected chi connectivity index (χ1v) is 19.8. The summed E-state index contributed by atoms with van der Waals surface area (Å²) in [4.78, 5) is 27.8. The first kappa shape index (κ1) is 36.8. The second-order valence-corrected chi connectivity index (χ2v) is 13.8. The molecule has 0 saturated carbocycles. The number of carbonyl (C=O) groups excluding carboxylic acids is 2. The van der Waals surface area contributed by atoms with Crippen molar-refractivity contribution in [1.82, 2.24) is 0 Å². The van der Waals surface area contributed by atoms with E-state index in [4.69, 9.17) is 27.6 Å². The average Bonchev–Trinajstić information content (AvgIpc) is 3.23. The lowest BCUT2D eigenvalue weighted by Crippen LogP contribution is -2.10. The Morgan fingerprint density at radius 3 is 1.20 bits per heavy atom. The van der Waals surface area contributed by atoms with Crippen LogP contribution in [0.4, 0.5) is 0 Å². The number of esters is 2. The summed E-state index contributed by atoms with van der Waals surface area (Å²) in [6.45, 7) is 3.81. The van der Waals surface area contributed by atoms with Crippen molar-refractivity contribution >= 4 is 73.1 Å². The Bertz CT molecular complexity index is 2550. The minimum absolute atomic E-state index is 0.150. The summed E-state index contributed by atoms with van der Waals surface area (Å²) < 4.78 is 37.1. The van der Waals surface area contributed by atoms with Gasteiger partial charge in [0.2, 0.25) is 0 Å². The van der Waals surface area contributed by atoms with E-state index in [9.17, 15) is 9.59 Å². The van der Waals surface area contributed by atoms with E-state index in [1.165, 1.54) is 0 Å². The molecule has 0 aliphatic heterocycles. The number of rotatable bonds is 13. The quantitative estimate of drug-likeness (QED) is 0.0844. The molecule has 0 heterocycles. The fraction of sp³-hybridized carbons (Fsp3) is 0.0870. The van der Waals surface area contributed by atoms with E-state index in [-0.39, 0.29) is 35.8 Å². The molecule has 8 aromatic rings. The fourth-order valence-electron chi connectivity index (χ4n) is 6.87. The predicted molar refractivity (Wildman–Crippen MR) is 226 cm³/mol. The monoisotopic (exact) mass is 778 g/mol. The molecule has 56 heavy (non-hydrogen) atoms. The Hall–Kier alpha value is -6.20. The van der Waals surface area contributed by atoms with Crippen LogP contribution in [0.15, 0.2) is 146 Å². The van der Waals surface area contributed by atoms with E-state index in [1.54, 1.807) is 26.0 Å². The van der Waals surface area contributed by atoms with Gasteiger partial charge in [-0.1, -0.05) is 121 Å². The zero-order chi connectivity index (χ0) is 38.4. The van der Waals surface area contributed by atoms with Crippen molar-refractivity contribution in [2.24, 2.45) is 0 Å². The maximum atomic E-state index is 13.9. The summed E-state index contributed by atoms with van der Waals surface area (Å²) in [5, 5.41) is 6.88. The summed E-state index contributed by atoms with van der Waals surface area (Å²) in [6.07, 6.45) is 0. The van der Waals surface area contributed by atoms with Gasteiger partial charge in [-0.15, -0.1) is 0 Å². The molecule has 0 saturated heterocycles.